The van der Waals surface area contributed by atoms with Gasteiger partial charge >= 0.3 is 84.7 Å². The van der Waals surface area contributed by atoms with Crippen LogP contribution in [-0.4, -0.2) is 162 Å². The van der Waals surface area contributed by atoms with Gasteiger partial charge in [0.2, 0.25) is 0 Å². The first-order valence-electron chi connectivity index (χ1n) is 13.2. The van der Waals surface area contributed by atoms with E-state index < -0.39 is 49.0 Å². The second-order valence-corrected chi connectivity index (χ2v) is 7.92. The molecule has 2 radical (unpaired) electrons. The number of unbranched alkanes of at least 4 members (excludes halogenated alkanes) is 9. The molecule has 1 saturated heterocycles. The Bertz CT molecular complexity index is 626. The molecule has 16 nitrogen and oxygen atoms in total. The summed E-state index contributed by atoms with van der Waals surface area (Å²) < 4.78 is 17.2. The van der Waals surface area contributed by atoms with Crippen molar-refractivity contribution in [2.45, 2.75) is 91.9 Å². The van der Waals surface area contributed by atoms with Crippen LogP contribution in [0.25, 0.3) is 0 Å². The molecule has 1 aliphatic rings. The second kappa shape index (κ2) is 51.9. The summed E-state index contributed by atoms with van der Waals surface area (Å²) in [4.78, 5) is 59.2. The summed E-state index contributed by atoms with van der Waals surface area (Å²) in [6.45, 7) is 1.96. The average molecular weight is 882 g/mol. The Morgan fingerprint density at radius 2 is 1.02 bits per heavy atom. The molecule has 7 N–H and O–H groups in total. The second-order valence-electron chi connectivity index (χ2n) is 7.92. The molecule has 0 amide bonds. The normalized spacial score (nSPS) is 10.1. The summed E-state index contributed by atoms with van der Waals surface area (Å²) in [6, 6.07) is 0. The summed E-state index contributed by atoms with van der Waals surface area (Å²) in [6.07, 6.45) is 13.6. The van der Waals surface area contributed by atoms with Gasteiger partial charge in [0.1, 0.15) is 13.2 Å². The fraction of sp³-hybridized carbons (Fsp3) is 0.778. The summed E-state index contributed by atoms with van der Waals surface area (Å²) in [7, 11) is 1.24. The number of cyclic esters (lactones) is 2. The van der Waals surface area contributed by atoms with E-state index in [1.807, 2.05) is 0 Å². The van der Waals surface area contributed by atoms with E-state index in [-0.39, 0.29) is 88.0 Å². The van der Waals surface area contributed by atoms with Gasteiger partial charge in [-0.2, -0.15) is 0 Å². The third-order valence-electron chi connectivity index (χ3n) is 4.35. The van der Waals surface area contributed by atoms with Crippen LogP contribution in [0.1, 0.15) is 91.9 Å². The van der Waals surface area contributed by atoms with E-state index in [2.05, 4.69) is 25.9 Å². The molecule has 0 aromatic carbocycles. The van der Waals surface area contributed by atoms with Gasteiger partial charge in [-0.3, -0.25) is 4.79 Å². The van der Waals surface area contributed by atoms with Crippen LogP contribution in [0.2, 0.25) is 0 Å². The molecule has 18 heteroatoms. The number of carboxylic acid groups (broad SMARTS) is 2. The Morgan fingerprint density at radius 3 is 1.27 bits per heavy atom. The molecule has 0 unspecified atom stereocenters. The zero-order chi connectivity index (χ0) is 32.3. The van der Waals surface area contributed by atoms with Gasteiger partial charge in [0, 0.05) is 13.0 Å². The first-order valence-corrected chi connectivity index (χ1v) is 13.2. The van der Waals surface area contributed by atoms with Gasteiger partial charge in [-0.1, -0.05) is 79.1 Å². The molecule has 0 saturated carbocycles. The van der Waals surface area contributed by atoms with Crippen LogP contribution < -0.4 is 0 Å². The number of ether oxygens (including phenoxy) is 4. The number of hydrogen-bond donors (Lipinski definition) is 5. The number of aliphatic hydroxyl groups excluding tert-OH is 3. The van der Waals surface area contributed by atoms with Crippen molar-refractivity contribution in [3.63, 3.8) is 0 Å². The fourth-order valence-corrected chi connectivity index (χ4v) is 2.26. The maximum absolute atomic E-state index is 10.4. The van der Waals surface area contributed by atoms with E-state index in [0.717, 1.165) is 6.42 Å². The monoisotopic (exact) mass is 880 g/mol. The van der Waals surface area contributed by atoms with Gasteiger partial charge < -0.3 is 50.0 Å². The molecule has 1 fully saturated rings. The third kappa shape index (κ3) is 70.1. The molecule has 0 spiro atoms. The Morgan fingerprint density at radius 1 is 0.689 bits per heavy atom. The molecule has 0 aliphatic carbocycles. The molecule has 0 aromatic rings. The third-order valence-corrected chi connectivity index (χ3v) is 4.35. The predicted octanol–water partition coefficient (Wildman–Crippen LogP) is -0.796. The number of hydrogen-bond acceptors (Lipinski definition) is 13. The van der Waals surface area contributed by atoms with Crippen molar-refractivity contribution in [2.24, 2.45) is 0 Å². The molecule has 1 aliphatic heterocycles. The zero-order valence-electron chi connectivity index (χ0n) is 26.0. The van der Waals surface area contributed by atoms with Crippen LogP contribution in [0.3, 0.4) is 0 Å². The molecule has 1 heterocycles. The first-order chi connectivity index (χ1) is 19.4. The van der Waals surface area contributed by atoms with E-state index >= 15 is 0 Å². The SMILES string of the molecule is C.CCC(=O)OCC(=O)OC.CCCCCCCCCCCCO.O.O=C(O)CO.O=C(O)CO.O=C1COC(=O)CO1.[SbH2].[SbH2]. The van der Waals surface area contributed by atoms with Crippen LogP contribution >= 0.6 is 0 Å². The van der Waals surface area contributed by atoms with Crippen molar-refractivity contribution >= 4 is 84.7 Å². The zero-order valence-corrected chi connectivity index (χ0v) is 32.6. The Balaban J connectivity index is -0.0000000646. The van der Waals surface area contributed by atoms with Crippen molar-refractivity contribution < 1.29 is 78.7 Å². The fourth-order valence-electron chi connectivity index (χ4n) is 2.26. The van der Waals surface area contributed by atoms with Crippen LogP contribution in [0.5, 0.6) is 0 Å². The number of rotatable bonds is 15. The number of carboxylic acids is 2. The quantitative estimate of drug-likeness (QED) is 0.0584. The van der Waals surface area contributed by atoms with Gasteiger partial charge in [0.15, 0.2) is 19.8 Å². The molecule has 0 aromatic heterocycles. The molecule has 45 heavy (non-hydrogen) atoms. The first kappa shape index (κ1) is 62.2. The standard InChI is InChI=1S/C12H26O.C6H10O4.C4H4O4.2C2H4O3.CH4.H2O.2Sb.4H/c1-2-3-4-5-6-7-8-9-10-11-12-13;1-3-5(7)10-4-6(8)9-2;5-3-1-7-4(6)2-8-3;2*3-1-2(4)5;;;;;;;;/h13H,2-12H2,1H3;3-4H2,1-2H3;1-2H2;2*3H,1H2,(H,4,5);1H4;1H2;;;;;;. The van der Waals surface area contributed by atoms with Crippen molar-refractivity contribution in [1.82, 2.24) is 0 Å². The van der Waals surface area contributed by atoms with Gasteiger partial charge in [0.25, 0.3) is 0 Å². The molecule has 1 rings (SSSR count). The molecule has 0 bridgehead atoms. The average Bonchev–Trinajstić information content (AvgIpc) is 2.97. The van der Waals surface area contributed by atoms with Gasteiger partial charge in [0.05, 0.1) is 7.11 Å². The number of carbonyl (C=O) groups is 6. The summed E-state index contributed by atoms with van der Waals surface area (Å²) >= 11 is 0. The van der Waals surface area contributed by atoms with Crippen molar-refractivity contribution in [3.05, 3.63) is 0 Å². The number of esters is 4. The minimum atomic E-state index is -1.19. The number of carbonyl (C=O) groups excluding carboxylic acids is 4. The van der Waals surface area contributed by atoms with Crippen LogP contribution in [0.15, 0.2) is 0 Å². The Hall–Kier alpha value is -1.70. The number of aliphatic carboxylic acids is 2. The molecular formula is C27H58O16Sb2. The van der Waals surface area contributed by atoms with Crippen LogP contribution in [0.4, 0.5) is 0 Å². The summed E-state index contributed by atoms with van der Waals surface area (Å²) in [5.74, 6) is -4.28. The van der Waals surface area contributed by atoms with Gasteiger partial charge in [-0.15, -0.1) is 0 Å². The van der Waals surface area contributed by atoms with E-state index in [0.29, 0.717) is 6.61 Å². The van der Waals surface area contributed by atoms with Crippen molar-refractivity contribution in [2.75, 3.05) is 46.8 Å². The van der Waals surface area contributed by atoms with E-state index in [4.69, 9.17) is 35.1 Å². The van der Waals surface area contributed by atoms with Crippen LogP contribution in [-0.2, 0) is 47.7 Å². The van der Waals surface area contributed by atoms with Crippen LogP contribution in [0, 0.1) is 0 Å². The summed E-state index contributed by atoms with van der Waals surface area (Å²) in [5, 5.41) is 38.6. The molecule has 272 valence electrons. The molecule has 0 atom stereocenters. The van der Waals surface area contributed by atoms with Crippen molar-refractivity contribution in [3.8, 4) is 0 Å². The van der Waals surface area contributed by atoms with Gasteiger partial charge in [-0.05, 0) is 6.42 Å². The maximum atomic E-state index is 10.4. The number of aliphatic hydroxyl groups is 3. The van der Waals surface area contributed by atoms with E-state index in [1.54, 1.807) is 6.92 Å². The summed E-state index contributed by atoms with van der Waals surface area (Å²) in [5.41, 5.74) is 0. The molecular weight excluding hydrogens is 824 g/mol. The topological polar surface area (TPSA) is 272 Å². The predicted molar refractivity (Wildman–Crippen MR) is 171 cm³/mol. The Labute approximate surface area is 300 Å². The minimum absolute atomic E-state index is 0. The van der Waals surface area contributed by atoms with Gasteiger partial charge in [-0.25, -0.2) is 24.0 Å². The van der Waals surface area contributed by atoms with E-state index in [9.17, 15) is 19.2 Å². The van der Waals surface area contributed by atoms with E-state index in [1.165, 1.54) is 64.9 Å². The number of methoxy groups -OCH3 is 1. The van der Waals surface area contributed by atoms with Crippen molar-refractivity contribution in [1.29, 1.82) is 0 Å². The Kier molecular flexibility index (Phi) is 71.6.